The summed E-state index contributed by atoms with van der Waals surface area (Å²) in [4.78, 5) is 14.0. The molecular weight excluding hydrogens is 370 g/mol. The van der Waals surface area contributed by atoms with E-state index in [9.17, 15) is 4.79 Å². The molecule has 1 saturated heterocycles. The third-order valence-electron chi connectivity index (χ3n) is 4.38. The fourth-order valence-corrected chi connectivity index (χ4v) is 3.54. The number of amides is 1. The van der Waals surface area contributed by atoms with E-state index in [0.717, 1.165) is 41.7 Å². The summed E-state index contributed by atoms with van der Waals surface area (Å²) in [5, 5.41) is 0. The zero-order valence-corrected chi connectivity index (χ0v) is 16.1. The van der Waals surface area contributed by atoms with Crippen LogP contribution in [0.5, 0.6) is 5.75 Å². The van der Waals surface area contributed by atoms with Gasteiger partial charge in [0, 0.05) is 23.1 Å². The number of carbonyl (C=O) groups excluding carboxylic acids is 1. The van der Waals surface area contributed by atoms with Crippen LogP contribution < -0.4 is 4.74 Å². The lowest BCUT2D eigenvalue weighted by Gasteiger charge is -2.35. The molecule has 0 N–H and O–H groups in total. The first-order valence-corrected chi connectivity index (χ1v) is 9.22. The fourth-order valence-electron chi connectivity index (χ4n) is 3.16. The van der Waals surface area contributed by atoms with Crippen LogP contribution in [0.25, 0.3) is 6.08 Å². The molecule has 0 radical (unpaired) electrons. The molecule has 2 aliphatic rings. The molecule has 4 nitrogen and oxygen atoms in total. The molecule has 0 spiro atoms. The van der Waals surface area contributed by atoms with Gasteiger partial charge in [-0.1, -0.05) is 15.9 Å². The fraction of sp³-hybridized carbons (Fsp3) is 0.526. The molecule has 0 unspecified atom stereocenters. The minimum atomic E-state index is -0.440. The van der Waals surface area contributed by atoms with Gasteiger partial charge in [-0.05, 0) is 69.4 Å². The van der Waals surface area contributed by atoms with Crippen molar-refractivity contribution < 1.29 is 14.3 Å². The van der Waals surface area contributed by atoms with Crippen LogP contribution in [0.1, 0.15) is 39.2 Å². The van der Waals surface area contributed by atoms with Gasteiger partial charge in [0.25, 0.3) is 0 Å². The van der Waals surface area contributed by atoms with Crippen molar-refractivity contribution in [3.63, 3.8) is 0 Å². The summed E-state index contributed by atoms with van der Waals surface area (Å²) in [6.07, 6.45) is 3.96. The molecule has 1 fully saturated rings. The lowest BCUT2D eigenvalue weighted by molar-refractivity contribution is 0.0192. The van der Waals surface area contributed by atoms with Gasteiger partial charge in [0.2, 0.25) is 0 Å². The number of carbonyl (C=O) groups is 1. The Kier molecular flexibility index (Phi) is 4.90. The number of hydrogen-bond donors (Lipinski definition) is 0. The minimum absolute atomic E-state index is 0.205. The normalized spacial score (nSPS) is 18.5. The molecule has 24 heavy (non-hydrogen) atoms. The number of benzene rings is 1. The summed E-state index contributed by atoms with van der Waals surface area (Å²) >= 11 is 3.51. The average molecular weight is 394 g/mol. The van der Waals surface area contributed by atoms with Gasteiger partial charge in [0.05, 0.1) is 0 Å². The van der Waals surface area contributed by atoms with Crippen LogP contribution in [0.2, 0.25) is 0 Å². The zero-order chi connectivity index (χ0) is 17.3. The van der Waals surface area contributed by atoms with Crippen LogP contribution in [0.3, 0.4) is 0 Å². The Hall–Kier alpha value is -1.49. The van der Waals surface area contributed by atoms with Gasteiger partial charge in [-0.3, -0.25) is 0 Å². The second kappa shape index (κ2) is 6.79. The first-order valence-electron chi connectivity index (χ1n) is 8.42. The summed E-state index contributed by atoms with van der Waals surface area (Å²) in [5.41, 5.74) is 2.01. The highest BCUT2D eigenvalue weighted by Gasteiger charge is 2.29. The zero-order valence-electron chi connectivity index (χ0n) is 14.5. The molecule has 0 atom stereocenters. The Balaban J connectivity index is 1.62. The largest absolute Gasteiger partial charge is 0.489 e. The standard InChI is InChI=1S/C19H24BrNO3/c1-19(2,3)24-18(22)21-8-6-13(7-9-21)15-10-14-11-16(20)4-5-17(14)23-12-15/h4-5,10-11,13H,6-9,12H2,1-3H3. The average Bonchev–Trinajstić information content (AvgIpc) is 2.52. The van der Waals surface area contributed by atoms with Crippen LogP contribution in [0.4, 0.5) is 4.79 Å². The predicted molar refractivity (Wildman–Crippen MR) is 98.1 cm³/mol. The van der Waals surface area contributed by atoms with Gasteiger partial charge in [-0.25, -0.2) is 4.79 Å². The smallest absolute Gasteiger partial charge is 0.410 e. The van der Waals surface area contributed by atoms with E-state index >= 15 is 0 Å². The van der Waals surface area contributed by atoms with E-state index in [4.69, 9.17) is 9.47 Å². The molecule has 130 valence electrons. The highest BCUT2D eigenvalue weighted by molar-refractivity contribution is 9.10. The van der Waals surface area contributed by atoms with Crippen molar-refractivity contribution in [1.82, 2.24) is 4.90 Å². The maximum Gasteiger partial charge on any atom is 0.410 e. The Morgan fingerprint density at radius 2 is 2.00 bits per heavy atom. The van der Waals surface area contributed by atoms with Crippen LogP contribution in [-0.2, 0) is 4.74 Å². The van der Waals surface area contributed by atoms with Crippen molar-refractivity contribution in [3.05, 3.63) is 33.8 Å². The second-order valence-electron chi connectivity index (χ2n) is 7.43. The minimum Gasteiger partial charge on any atom is -0.489 e. The van der Waals surface area contributed by atoms with Gasteiger partial charge in [-0.2, -0.15) is 0 Å². The molecule has 0 aliphatic carbocycles. The third kappa shape index (κ3) is 4.12. The lowest BCUT2D eigenvalue weighted by Crippen LogP contribution is -2.42. The maximum atomic E-state index is 12.2. The Labute approximate surface area is 151 Å². The summed E-state index contributed by atoms with van der Waals surface area (Å²) < 4.78 is 12.4. The first-order chi connectivity index (χ1) is 11.3. The Morgan fingerprint density at radius 1 is 1.29 bits per heavy atom. The summed E-state index contributed by atoms with van der Waals surface area (Å²) in [6.45, 7) is 7.82. The van der Waals surface area contributed by atoms with Gasteiger partial charge >= 0.3 is 6.09 Å². The number of nitrogens with zero attached hydrogens (tertiary/aromatic N) is 1. The number of hydrogen-bond acceptors (Lipinski definition) is 3. The Morgan fingerprint density at radius 3 is 2.67 bits per heavy atom. The maximum absolute atomic E-state index is 12.2. The van der Waals surface area contributed by atoms with E-state index in [0.29, 0.717) is 12.5 Å². The highest BCUT2D eigenvalue weighted by Crippen LogP contribution is 2.34. The van der Waals surface area contributed by atoms with E-state index in [1.807, 2.05) is 37.8 Å². The van der Waals surface area contributed by atoms with Crippen LogP contribution in [0, 0.1) is 5.92 Å². The van der Waals surface area contributed by atoms with Crippen molar-refractivity contribution in [2.75, 3.05) is 19.7 Å². The van der Waals surface area contributed by atoms with Crippen molar-refractivity contribution >= 4 is 28.1 Å². The number of fused-ring (bicyclic) bond motifs is 1. The molecule has 1 aromatic carbocycles. The second-order valence-corrected chi connectivity index (χ2v) is 8.35. The van der Waals surface area contributed by atoms with E-state index < -0.39 is 5.60 Å². The van der Waals surface area contributed by atoms with Crippen LogP contribution in [-0.4, -0.2) is 36.3 Å². The third-order valence-corrected chi connectivity index (χ3v) is 4.87. The van der Waals surface area contributed by atoms with Gasteiger partial charge < -0.3 is 14.4 Å². The summed E-state index contributed by atoms with van der Waals surface area (Å²) in [6, 6.07) is 6.08. The van der Waals surface area contributed by atoms with Crippen LogP contribution in [0.15, 0.2) is 28.2 Å². The van der Waals surface area contributed by atoms with E-state index in [1.165, 1.54) is 5.57 Å². The molecule has 0 bridgehead atoms. The number of rotatable bonds is 1. The van der Waals surface area contributed by atoms with Crippen molar-refractivity contribution in [3.8, 4) is 5.75 Å². The number of halogens is 1. The molecule has 2 aliphatic heterocycles. The molecule has 1 aromatic rings. The van der Waals surface area contributed by atoms with Crippen molar-refractivity contribution in [2.24, 2.45) is 5.92 Å². The van der Waals surface area contributed by atoms with Gasteiger partial charge in [0.15, 0.2) is 0 Å². The van der Waals surface area contributed by atoms with E-state index in [-0.39, 0.29) is 6.09 Å². The predicted octanol–water partition coefficient (Wildman–Crippen LogP) is 4.87. The lowest BCUT2D eigenvalue weighted by atomic mass is 9.87. The molecule has 3 rings (SSSR count). The SMILES string of the molecule is CC(C)(C)OC(=O)N1CCC(C2=Cc3cc(Br)ccc3OC2)CC1. The molecule has 1 amide bonds. The van der Waals surface area contributed by atoms with E-state index in [2.05, 4.69) is 28.1 Å². The number of likely N-dealkylation sites (tertiary alicyclic amines) is 1. The highest BCUT2D eigenvalue weighted by atomic mass is 79.9. The first kappa shape index (κ1) is 17.3. The van der Waals surface area contributed by atoms with Crippen LogP contribution >= 0.6 is 15.9 Å². The quantitative estimate of drug-likeness (QED) is 0.682. The van der Waals surface area contributed by atoms with Crippen molar-refractivity contribution in [2.45, 2.75) is 39.2 Å². The molecule has 0 aromatic heterocycles. The van der Waals surface area contributed by atoms with Gasteiger partial charge in [-0.15, -0.1) is 0 Å². The van der Waals surface area contributed by atoms with E-state index in [1.54, 1.807) is 0 Å². The molecule has 5 heteroatoms. The van der Waals surface area contributed by atoms with Crippen molar-refractivity contribution in [1.29, 1.82) is 0 Å². The topological polar surface area (TPSA) is 38.8 Å². The molecular formula is C19H24BrNO3. The summed E-state index contributed by atoms with van der Waals surface area (Å²) in [7, 11) is 0. The molecule has 2 heterocycles. The number of piperidine rings is 1. The monoisotopic (exact) mass is 393 g/mol. The van der Waals surface area contributed by atoms with Gasteiger partial charge in [0.1, 0.15) is 18.0 Å². The molecule has 0 saturated carbocycles. The Bertz CT molecular complexity index is 655. The summed E-state index contributed by atoms with van der Waals surface area (Å²) in [5.74, 6) is 1.41. The number of ether oxygens (including phenoxy) is 2.